The minimum Gasteiger partial charge on any atom is -0.200 e. The lowest BCUT2D eigenvalue weighted by Crippen LogP contribution is -2.31. The molecule has 0 atom stereocenters. The zero-order chi connectivity index (χ0) is 15.6. The average Bonchev–Trinajstić information content (AvgIpc) is 2.37. The van der Waals surface area contributed by atoms with Crippen LogP contribution >= 0.6 is 11.8 Å². The summed E-state index contributed by atoms with van der Waals surface area (Å²) in [6.07, 6.45) is 7.44. The number of nitrogens with zero attached hydrogens (tertiary/aromatic N) is 1. The lowest BCUT2D eigenvalue weighted by molar-refractivity contribution is -0.660. The van der Waals surface area contributed by atoms with Crippen molar-refractivity contribution in [1.29, 1.82) is 0 Å². The van der Waals surface area contributed by atoms with Crippen LogP contribution in [0.15, 0.2) is 41.4 Å². The highest BCUT2D eigenvalue weighted by atomic mass is 32.2. The van der Waals surface area contributed by atoms with Gasteiger partial charge < -0.3 is 0 Å². The summed E-state index contributed by atoms with van der Waals surface area (Å²) in [6, 6.07) is 10.8. The Morgan fingerprint density at radius 2 is 1.86 bits per heavy atom. The second-order valence-corrected chi connectivity index (χ2v) is 8.15. The van der Waals surface area contributed by atoms with Crippen LogP contribution in [0.4, 0.5) is 0 Å². The molecule has 1 nitrogen and oxygen atoms in total. The predicted molar refractivity (Wildman–Crippen MR) is 91.3 cm³/mol. The van der Waals surface area contributed by atoms with Crippen LogP contribution in [0.5, 0.6) is 0 Å². The lowest BCUT2D eigenvalue weighted by atomic mass is 10.0. The lowest BCUT2D eigenvalue weighted by Gasteiger charge is -2.18. The highest BCUT2D eigenvalue weighted by Crippen LogP contribution is 2.34. The van der Waals surface area contributed by atoms with Crippen molar-refractivity contribution < 1.29 is 4.57 Å². The number of hydrogen-bond acceptors (Lipinski definition) is 1. The number of benzene rings is 1. The Labute approximate surface area is 132 Å². The van der Waals surface area contributed by atoms with Gasteiger partial charge in [-0.2, -0.15) is 4.57 Å². The van der Waals surface area contributed by atoms with Crippen molar-refractivity contribution in [2.45, 2.75) is 37.3 Å². The summed E-state index contributed by atoms with van der Waals surface area (Å²) < 4.78 is 2.32. The van der Waals surface area contributed by atoms with E-state index in [2.05, 4.69) is 62.4 Å². The molecule has 0 radical (unpaired) electrons. The van der Waals surface area contributed by atoms with Gasteiger partial charge in [-0.05, 0) is 36.8 Å². The fraction of sp³-hybridized carbons (Fsp3) is 0.316. The van der Waals surface area contributed by atoms with E-state index < -0.39 is 0 Å². The molecule has 0 saturated heterocycles. The van der Waals surface area contributed by atoms with E-state index >= 15 is 0 Å². The number of terminal acetylenes is 1. The smallest absolute Gasteiger partial charge is 0.200 e. The van der Waals surface area contributed by atoms with E-state index in [0.29, 0.717) is 0 Å². The van der Waals surface area contributed by atoms with Crippen molar-refractivity contribution in [3.63, 3.8) is 0 Å². The molecule has 0 aliphatic rings. The molecule has 1 aromatic heterocycles. The van der Waals surface area contributed by atoms with E-state index in [1.807, 2.05) is 31.1 Å². The van der Waals surface area contributed by atoms with Gasteiger partial charge in [0, 0.05) is 21.3 Å². The SMILES string of the molecule is C#Cc1ccc(-c2ccc(SC(C)(C)C)cc2C)[n+](C)c1. The van der Waals surface area contributed by atoms with Crippen molar-refractivity contribution >= 4 is 11.8 Å². The maximum Gasteiger partial charge on any atom is 0.212 e. The summed E-state index contributed by atoms with van der Waals surface area (Å²) >= 11 is 1.90. The van der Waals surface area contributed by atoms with Gasteiger partial charge in [-0.1, -0.05) is 26.7 Å². The third kappa shape index (κ3) is 3.89. The van der Waals surface area contributed by atoms with Crippen LogP contribution in [-0.2, 0) is 7.05 Å². The quantitative estimate of drug-likeness (QED) is 0.452. The first-order valence-electron chi connectivity index (χ1n) is 7.06. The van der Waals surface area contributed by atoms with Gasteiger partial charge in [-0.3, -0.25) is 0 Å². The number of aromatic nitrogens is 1. The van der Waals surface area contributed by atoms with E-state index in [1.165, 1.54) is 21.7 Å². The summed E-state index contributed by atoms with van der Waals surface area (Å²) in [7, 11) is 2.04. The zero-order valence-corrected chi connectivity index (χ0v) is 14.2. The molecule has 0 N–H and O–H groups in total. The van der Waals surface area contributed by atoms with Gasteiger partial charge in [0.1, 0.15) is 7.05 Å². The molecular weight excluding hydrogens is 274 g/mol. The minimum atomic E-state index is 0.229. The number of aryl methyl sites for hydroxylation is 2. The summed E-state index contributed by atoms with van der Waals surface area (Å²) in [5, 5.41) is 0. The molecule has 108 valence electrons. The van der Waals surface area contributed by atoms with Crippen molar-refractivity contribution in [2.24, 2.45) is 7.05 Å². The van der Waals surface area contributed by atoms with Crippen LogP contribution in [-0.4, -0.2) is 4.75 Å². The Balaban J connectivity index is 2.40. The normalized spacial score (nSPS) is 11.2. The van der Waals surface area contributed by atoms with Crippen molar-refractivity contribution in [2.75, 3.05) is 0 Å². The second kappa shape index (κ2) is 5.95. The second-order valence-electron chi connectivity index (χ2n) is 6.25. The first-order valence-corrected chi connectivity index (χ1v) is 7.88. The van der Waals surface area contributed by atoms with Gasteiger partial charge >= 0.3 is 0 Å². The highest BCUT2D eigenvalue weighted by molar-refractivity contribution is 8.00. The molecule has 0 aliphatic carbocycles. The molecule has 1 aromatic carbocycles. The van der Waals surface area contributed by atoms with Gasteiger partial charge in [0.25, 0.3) is 0 Å². The molecule has 2 heteroatoms. The first kappa shape index (κ1) is 15.7. The molecule has 0 fully saturated rings. The van der Waals surface area contributed by atoms with E-state index in [-0.39, 0.29) is 4.75 Å². The first-order chi connectivity index (χ1) is 9.80. The van der Waals surface area contributed by atoms with Crippen LogP contribution in [0.1, 0.15) is 31.9 Å². The largest absolute Gasteiger partial charge is 0.212 e. The number of rotatable bonds is 2. The van der Waals surface area contributed by atoms with Crippen LogP contribution in [0.3, 0.4) is 0 Å². The average molecular weight is 296 g/mol. The van der Waals surface area contributed by atoms with Crippen LogP contribution < -0.4 is 4.57 Å². The van der Waals surface area contributed by atoms with Gasteiger partial charge in [-0.25, -0.2) is 0 Å². The fourth-order valence-corrected chi connectivity index (χ4v) is 3.39. The molecule has 2 rings (SSSR count). The predicted octanol–water partition coefficient (Wildman–Crippen LogP) is 4.36. The van der Waals surface area contributed by atoms with E-state index in [4.69, 9.17) is 6.42 Å². The molecule has 0 amide bonds. The highest BCUT2D eigenvalue weighted by Gasteiger charge is 2.16. The van der Waals surface area contributed by atoms with Gasteiger partial charge in [0.15, 0.2) is 6.20 Å². The molecular formula is C19H22NS+. The minimum absolute atomic E-state index is 0.229. The van der Waals surface area contributed by atoms with Crippen molar-refractivity contribution in [1.82, 2.24) is 0 Å². The van der Waals surface area contributed by atoms with Crippen molar-refractivity contribution in [3.8, 4) is 23.6 Å². The molecule has 0 bridgehead atoms. The molecule has 0 unspecified atom stereocenters. The topological polar surface area (TPSA) is 3.88 Å². The Hall–Kier alpha value is -1.72. The van der Waals surface area contributed by atoms with E-state index in [0.717, 1.165) is 5.56 Å². The third-order valence-electron chi connectivity index (χ3n) is 3.20. The van der Waals surface area contributed by atoms with Gasteiger partial charge in [0.05, 0.1) is 5.56 Å². The summed E-state index contributed by atoms with van der Waals surface area (Å²) in [5.74, 6) is 2.67. The van der Waals surface area contributed by atoms with E-state index in [1.54, 1.807) is 0 Å². The number of thioether (sulfide) groups is 1. The summed E-state index contributed by atoms with van der Waals surface area (Å²) in [5.41, 5.74) is 4.62. The Bertz CT molecular complexity index is 702. The van der Waals surface area contributed by atoms with Gasteiger partial charge in [-0.15, -0.1) is 18.2 Å². The monoisotopic (exact) mass is 296 g/mol. The Morgan fingerprint density at radius 1 is 1.14 bits per heavy atom. The van der Waals surface area contributed by atoms with Crippen LogP contribution in [0.2, 0.25) is 0 Å². The maximum atomic E-state index is 5.45. The molecule has 2 aromatic rings. The molecule has 0 saturated carbocycles. The molecule has 0 aliphatic heterocycles. The van der Waals surface area contributed by atoms with Crippen LogP contribution in [0, 0.1) is 19.3 Å². The molecule has 1 heterocycles. The number of hydrogen-bond donors (Lipinski definition) is 0. The van der Waals surface area contributed by atoms with Crippen molar-refractivity contribution in [3.05, 3.63) is 47.7 Å². The van der Waals surface area contributed by atoms with Crippen LogP contribution in [0.25, 0.3) is 11.3 Å². The Morgan fingerprint density at radius 3 is 2.38 bits per heavy atom. The standard InChI is InChI=1S/C19H22NS/c1-7-15-8-11-18(20(6)13-15)17-10-9-16(12-14(17)2)21-19(3,4)5/h1,8-13H,2-6H3/q+1. The third-order valence-corrected chi connectivity index (χ3v) is 4.30. The summed E-state index contributed by atoms with van der Waals surface area (Å²) in [4.78, 5) is 1.31. The Kier molecular flexibility index (Phi) is 4.44. The zero-order valence-electron chi connectivity index (χ0n) is 13.4. The van der Waals surface area contributed by atoms with E-state index in [9.17, 15) is 0 Å². The number of pyridine rings is 1. The van der Waals surface area contributed by atoms with Gasteiger partial charge in [0.2, 0.25) is 5.69 Å². The maximum absolute atomic E-state index is 5.45. The molecule has 0 spiro atoms. The summed E-state index contributed by atoms with van der Waals surface area (Å²) in [6.45, 7) is 8.87. The molecule has 21 heavy (non-hydrogen) atoms. The fourth-order valence-electron chi connectivity index (χ4n) is 2.31.